The zero-order valence-corrected chi connectivity index (χ0v) is 37.1. The number of pyridine rings is 1. The molecule has 2 aliphatic carbocycles. The van der Waals surface area contributed by atoms with Crippen LogP contribution in [0.15, 0.2) is 79.4 Å². The highest BCUT2D eigenvalue weighted by Crippen LogP contribution is 2.71. The summed E-state index contributed by atoms with van der Waals surface area (Å²) in [6.07, 6.45) is 5.56. The number of likely N-dealkylation sites (tertiary alicyclic amines) is 1. The number of ether oxygens (including phenoxy) is 3. The van der Waals surface area contributed by atoms with Crippen molar-refractivity contribution in [1.29, 1.82) is 0 Å². The van der Waals surface area contributed by atoms with Gasteiger partial charge < -0.3 is 34.6 Å². The molecule has 6 atom stereocenters. The van der Waals surface area contributed by atoms with Gasteiger partial charge in [-0.3, -0.25) is 14.2 Å². The fourth-order valence-electron chi connectivity index (χ4n) is 8.86. The van der Waals surface area contributed by atoms with Crippen LogP contribution < -0.4 is 20.1 Å². The number of rotatable bonds is 18. The van der Waals surface area contributed by atoms with E-state index in [0.29, 0.717) is 34.5 Å². The molecule has 16 heteroatoms. The van der Waals surface area contributed by atoms with E-state index in [1.165, 1.54) is 18.1 Å². The van der Waals surface area contributed by atoms with Crippen LogP contribution in [-0.2, 0) is 25.1 Å². The highest BCUT2D eigenvalue weighted by atomic mass is 35.5. The minimum atomic E-state index is -4.61. The standard InChI is InChI=1S/C47H54ClF2N4O8P/c1-4-6-7-11-21-37(52-46(57)62-31-17-12-13-18-31)45(56)54-27-32(61-41-25-38(29-15-9-8-10-16-29)51-43-33(41)22-23-40(60-3)42(43)48)24-39(54)44(55)53-47(26-30(47)5-2)63(58,59)28-34-35(49)19-14-20-36(34)50/h5,8-10,14-16,19-20,22-23,25,30-32,37,39H,2,4,6-7,11-13,17-18,21,24,26-28H2,1,3H3,(H,52,57)(H,53,55)(H,58,59)/t30-,32-,37+,39+,47+/m1/s1. The predicted molar refractivity (Wildman–Crippen MR) is 237 cm³/mol. The Labute approximate surface area is 371 Å². The average molecular weight is 907 g/mol. The van der Waals surface area contributed by atoms with Gasteiger partial charge in [-0.25, -0.2) is 18.6 Å². The Morgan fingerprint density at radius 2 is 1.76 bits per heavy atom. The Bertz CT molecular complexity index is 2370. The smallest absolute Gasteiger partial charge is 0.408 e. The molecule has 2 saturated carbocycles. The molecule has 4 aromatic rings. The molecule has 3 fully saturated rings. The van der Waals surface area contributed by atoms with Gasteiger partial charge in [-0.1, -0.05) is 86.7 Å². The molecular weight excluding hydrogens is 853 g/mol. The number of benzene rings is 3. The van der Waals surface area contributed by atoms with E-state index in [1.54, 1.807) is 18.2 Å². The molecule has 12 nitrogen and oxygen atoms in total. The Balaban J connectivity index is 1.23. The third-order valence-corrected chi connectivity index (χ3v) is 15.4. The van der Waals surface area contributed by atoms with Gasteiger partial charge in [0.25, 0.3) is 0 Å². The van der Waals surface area contributed by atoms with Crippen molar-refractivity contribution in [3.63, 3.8) is 0 Å². The zero-order chi connectivity index (χ0) is 44.9. The minimum absolute atomic E-state index is 0.0171. The van der Waals surface area contributed by atoms with Crippen LogP contribution in [0, 0.1) is 17.6 Å². The number of unbranched alkanes of at least 4 members (excludes halogenated alkanes) is 3. The SMILES string of the molecule is C=C[C@@H]1C[C@]1(NC(=O)[C@@H]1C[C@@H](Oc2cc(-c3ccccc3)nc3c(Cl)c(OC)ccc23)CN1C(=O)[C@H](CCCCCC)NC(=O)OC1CCCC1)P(=O)(O)Cc1c(F)cccc1F. The first-order valence-electron chi connectivity index (χ1n) is 21.6. The fourth-order valence-corrected chi connectivity index (χ4v) is 11.6. The van der Waals surface area contributed by atoms with E-state index in [9.17, 15) is 32.6 Å². The number of halogens is 3. The van der Waals surface area contributed by atoms with Crippen LogP contribution >= 0.6 is 19.0 Å². The highest BCUT2D eigenvalue weighted by molar-refractivity contribution is 7.59. The highest BCUT2D eigenvalue weighted by Gasteiger charge is 2.66. The molecule has 0 bridgehead atoms. The van der Waals surface area contributed by atoms with E-state index >= 15 is 0 Å². The van der Waals surface area contributed by atoms with Crippen molar-refractivity contribution >= 4 is 47.8 Å². The van der Waals surface area contributed by atoms with Gasteiger partial charge >= 0.3 is 6.09 Å². The van der Waals surface area contributed by atoms with Crippen LogP contribution in [0.25, 0.3) is 22.2 Å². The van der Waals surface area contributed by atoms with E-state index in [0.717, 1.165) is 68.7 Å². The summed E-state index contributed by atoms with van der Waals surface area (Å²) in [5.41, 5.74) is 1.15. The summed E-state index contributed by atoms with van der Waals surface area (Å²) >= 11 is 6.82. The maximum atomic E-state index is 14.9. The number of methoxy groups -OCH3 is 1. The molecule has 7 rings (SSSR count). The van der Waals surface area contributed by atoms with Crippen molar-refractivity contribution in [3.05, 3.63) is 102 Å². The molecule has 3 amide bonds. The van der Waals surface area contributed by atoms with Crippen molar-refractivity contribution < 1.29 is 46.8 Å². The number of carbonyl (C=O) groups is 3. The fraction of sp³-hybridized carbons (Fsp3) is 0.447. The van der Waals surface area contributed by atoms with Crippen molar-refractivity contribution in [2.24, 2.45) is 5.92 Å². The largest absolute Gasteiger partial charge is 0.495 e. The first-order valence-corrected chi connectivity index (χ1v) is 23.9. The van der Waals surface area contributed by atoms with Crippen LogP contribution in [-0.4, -0.2) is 75.9 Å². The van der Waals surface area contributed by atoms with Gasteiger partial charge in [0.15, 0.2) is 0 Å². The summed E-state index contributed by atoms with van der Waals surface area (Å²) in [6, 6.07) is 15.4. The lowest BCUT2D eigenvalue weighted by Crippen LogP contribution is -2.55. The number of fused-ring (bicyclic) bond motifs is 1. The van der Waals surface area contributed by atoms with Gasteiger partial charge in [-0.15, -0.1) is 6.58 Å². The van der Waals surface area contributed by atoms with E-state index in [4.69, 9.17) is 30.8 Å². The second-order valence-corrected chi connectivity index (χ2v) is 19.6. The van der Waals surface area contributed by atoms with Crippen molar-refractivity contribution in [1.82, 2.24) is 20.5 Å². The molecule has 1 aliphatic heterocycles. The molecule has 2 heterocycles. The monoisotopic (exact) mass is 906 g/mol. The van der Waals surface area contributed by atoms with E-state index in [1.807, 2.05) is 30.3 Å². The lowest BCUT2D eigenvalue weighted by molar-refractivity contribution is -0.140. The Morgan fingerprint density at radius 1 is 1.03 bits per heavy atom. The van der Waals surface area contributed by atoms with E-state index < -0.39 is 78.0 Å². The summed E-state index contributed by atoms with van der Waals surface area (Å²) in [7, 11) is -3.11. The number of carbonyl (C=O) groups excluding carboxylic acids is 3. The molecule has 336 valence electrons. The third-order valence-electron chi connectivity index (χ3n) is 12.5. The summed E-state index contributed by atoms with van der Waals surface area (Å²) in [5.74, 6) is -3.23. The molecule has 3 aromatic carbocycles. The average Bonchev–Trinajstić information content (AvgIpc) is 3.52. The first kappa shape index (κ1) is 46.0. The Kier molecular flexibility index (Phi) is 14.4. The molecule has 3 aliphatic rings. The molecule has 1 unspecified atom stereocenters. The van der Waals surface area contributed by atoms with Crippen molar-refractivity contribution in [3.8, 4) is 22.8 Å². The maximum Gasteiger partial charge on any atom is 0.408 e. The lowest BCUT2D eigenvalue weighted by atomic mass is 10.1. The molecule has 1 aromatic heterocycles. The summed E-state index contributed by atoms with van der Waals surface area (Å²) in [6.45, 7) is 5.75. The summed E-state index contributed by atoms with van der Waals surface area (Å²) < 4.78 is 61.9. The van der Waals surface area contributed by atoms with Gasteiger partial charge in [0.1, 0.15) is 57.7 Å². The van der Waals surface area contributed by atoms with Crippen LogP contribution in [0.4, 0.5) is 13.6 Å². The van der Waals surface area contributed by atoms with Crippen LogP contribution in [0.1, 0.15) is 83.1 Å². The zero-order valence-electron chi connectivity index (χ0n) is 35.5. The van der Waals surface area contributed by atoms with Gasteiger partial charge in [0.2, 0.25) is 19.2 Å². The van der Waals surface area contributed by atoms with E-state index in [-0.39, 0.29) is 36.9 Å². The van der Waals surface area contributed by atoms with Gasteiger partial charge in [-0.2, -0.15) is 0 Å². The molecular formula is C47H54ClF2N4O8P. The molecule has 0 radical (unpaired) electrons. The van der Waals surface area contributed by atoms with Gasteiger partial charge in [0.05, 0.1) is 31.0 Å². The molecule has 3 N–H and O–H groups in total. The van der Waals surface area contributed by atoms with Crippen LogP contribution in [0.2, 0.25) is 5.02 Å². The number of hydrogen-bond donors (Lipinski definition) is 3. The van der Waals surface area contributed by atoms with Crippen molar-refractivity contribution in [2.75, 3.05) is 13.7 Å². The summed E-state index contributed by atoms with van der Waals surface area (Å²) in [4.78, 5) is 60.7. The molecule has 63 heavy (non-hydrogen) atoms. The number of hydrogen-bond acceptors (Lipinski definition) is 8. The number of aromatic nitrogens is 1. The lowest BCUT2D eigenvalue weighted by Gasteiger charge is -2.31. The second kappa shape index (κ2) is 19.8. The van der Waals surface area contributed by atoms with E-state index in [2.05, 4.69) is 24.1 Å². The van der Waals surface area contributed by atoms with Crippen LogP contribution in [0.3, 0.4) is 0 Å². The number of nitrogens with zero attached hydrogens (tertiary/aromatic N) is 2. The topological polar surface area (TPSA) is 156 Å². The normalized spacial score (nSPS) is 22.3. The van der Waals surface area contributed by atoms with Crippen LogP contribution in [0.5, 0.6) is 11.5 Å². The molecule has 1 saturated heterocycles. The quantitative estimate of drug-likeness (QED) is 0.0503. The summed E-state index contributed by atoms with van der Waals surface area (Å²) in [5, 5.41) is 4.57. The minimum Gasteiger partial charge on any atom is -0.495 e. The third kappa shape index (κ3) is 10.0. The first-order chi connectivity index (χ1) is 30.3. The maximum absolute atomic E-state index is 14.9. The predicted octanol–water partition coefficient (Wildman–Crippen LogP) is 9.69. The van der Waals surface area contributed by atoms with Crippen molar-refractivity contribution in [2.45, 2.75) is 113 Å². The number of alkyl carbamates (subject to hydrolysis) is 1. The van der Waals surface area contributed by atoms with Gasteiger partial charge in [-0.05, 0) is 62.8 Å². The van der Waals surface area contributed by atoms with Gasteiger partial charge in [0, 0.05) is 34.9 Å². The number of nitrogens with one attached hydrogen (secondary N) is 2. The Hall–Kier alpha value is -5.04. The second-order valence-electron chi connectivity index (χ2n) is 16.7. The number of amides is 3. The Morgan fingerprint density at radius 3 is 2.43 bits per heavy atom. The molecule has 0 spiro atoms.